The Hall–Kier alpha value is -1.29. The molecule has 1 aromatic rings. The smallest absolute Gasteiger partial charge is 0.221 e. The third-order valence-corrected chi connectivity index (χ3v) is 1.35. The molecule has 1 atom stereocenters. The number of aliphatic hydroxyl groups excluding tert-OH is 1. The van der Waals surface area contributed by atoms with Crippen LogP contribution in [0.4, 0.5) is 5.69 Å². The van der Waals surface area contributed by atoms with E-state index in [9.17, 15) is 4.79 Å². The van der Waals surface area contributed by atoms with Crippen LogP contribution in [-0.4, -0.2) is 11.0 Å². The highest BCUT2D eigenvalue weighted by Gasteiger charge is 2.06. The van der Waals surface area contributed by atoms with E-state index in [0.717, 1.165) is 0 Å². The minimum atomic E-state index is -0.646. The number of anilines is 1. The molecule has 0 aliphatic rings. The summed E-state index contributed by atoms with van der Waals surface area (Å²) in [7, 11) is 0. The van der Waals surface area contributed by atoms with Gasteiger partial charge < -0.3 is 14.8 Å². The fraction of sp³-hybridized carbons (Fsp3) is 0.375. The predicted molar refractivity (Wildman–Crippen MR) is 43.6 cm³/mol. The topological polar surface area (TPSA) is 62.5 Å². The van der Waals surface area contributed by atoms with Gasteiger partial charge in [0.2, 0.25) is 5.91 Å². The normalized spacial score (nSPS) is 12.6. The highest BCUT2D eigenvalue weighted by atomic mass is 16.4. The summed E-state index contributed by atoms with van der Waals surface area (Å²) >= 11 is 0. The summed E-state index contributed by atoms with van der Waals surface area (Å²) in [5.74, 6) is 0.284. The van der Waals surface area contributed by atoms with E-state index in [0.29, 0.717) is 11.4 Å². The van der Waals surface area contributed by atoms with Crippen LogP contribution < -0.4 is 5.32 Å². The number of furan rings is 1. The Bertz CT molecular complexity index is 278. The fourth-order valence-electron chi connectivity index (χ4n) is 0.841. The SMILES string of the molecule is CC(=O)Nc1coc([C@@H](C)O)c1. The Balaban J connectivity index is 2.70. The van der Waals surface area contributed by atoms with E-state index in [1.807, 2.05) is 0 Å². The first-order valence-corrected chi connectivity index (χ1v) is 3.63. The second kappa shape index (κ2) is 3.40. The van der Waals surface area contributed by atoms with Gasteiger partial charge in [0, 0.05) is 13.0 Å². The Kier molecular flexibility index (Phi) is 2.50. The van der Waals surface area contributed by atoms with Gasteiger partial charge in [-0.25, -0.2) is 0 Å². The molecule has 1 aromatic heterocycles. The van der Waals surface area contributed by atoms with Crippen LogP contribution in [-0.2, 0) is 4.79 Å². The molecule has 4 heteroatoms. The zero-order valence-corrected chi connectivity index (χ0v) is 7.00. The molecule has 12 heavy (non-hydrogen) atoms. The van der Waals surface area contributed by atoms with Crippen LogP contribution in [0.15, 0.2) is 16.7 Å². The van der Waals surface area contributed by atoms with Crippen molar-refractivity contribution in [2.75, 3.05) is 5.32 Å². The summed E-state index contributed by atoms with van der Waals surface area (Å²) in [4.78, 5) is 10.6. The highest BCUT2D eigenvalue weighted by Crippen LogP contribution is 2.18. The maximum absolute atomic E-state index is 10.6. The van der Waals surface area contributed by atoms with E-state index >= 15 is 0 Å². The monoisotopic (exact) mass is 169 g/mol. The Morgan fingerprint density at radius 3 is 2.83 bits per heavy atom. The van der Waals surface area contributed by atoms with Crippen molar-refractivity contribution >= 4 is 11.6 Å². The maximum Gasteiger partial charge on any atom is 0.221 e. The molecule has 0 bridgehead atoms. The molecule has 0 aliphatic carbocycles. The number of carbonyl (C=O) groups is 1. The Morgan fingerprint density at radius 1 is 1.75 bits per heavy atom. The van der Waals surface area contributed by atoms with Crippen LogP contribution in [0.5, 0.6) is 0 Å². The molecule has 0 radical (unpaired) electrons. The number of hydrogen-bond donors (Lipinski definition) is 2. The van der Waals surface area contributed by atoms with E-state index in [2.05, 4.69) is 5.32 Å². The van der Waals surface area contributed by atoms with Gasteiger partial charge in [0.1, 0.15) is 18.1 Å². The van der Waals surface area contributed by atoms with Crippen molar-refractivity contribution in [1.82, 2.24) is 0 Å². The van der Waals surface area contributed by atoms with Gasteiger partial charge in [-0.3, -0.25) is 4.79 Å². The quantitative estimate of drug-likeness (QED) is 0.701. The van der Waals surface area contributed by atoms with Gasteiger partial charge in [0.05, 0.1) is 5.69 Å². The molecule has 1 heterocycles. The lowest BCUT2D eigenvalue weighted by molar-refractivity contribution is -0.114. The van der Waals surface area contributed by atoms with Gasteiger partial charge in [-0.05, 0) is 6.92 Å². The minimum Gasteiger partial charge on any atom is -0.464 e. The molecular weight excluding hydrogens is 158 g/mol. The van der Waals surface area contributed by atoms with Gasteiger partial charge in [-0.1, -0.05) is 0 Å². The summed E-state index contributed by atoms with van der Waals surface area (Å²) in [6.07, 6.45) is 0.746. The van der Waals surface area contributed by atoms with Crippen LogP contribution in [0.25, 0.3) is 0 Å². The van der Waals surface area contributed by atoms with E-state index in [1.54, 1.807) is 13.0 Å². The Morgan fingerprint density at radius 2 is 2.42 bits per heavy atom. The second-order valence-electron chi connectivity index (χ2n) is 2.59. The molecule has 0 spiro atoms. The van der Waals surface area contributed by atoms with Gasteiger partial charge in [-0.2, -0.15) is 0 Å². The standard InChI is InChI=1S/C8H11NO3/c1-5(10)8-3-7(4-12-8)9-6(2)11/h3-5,10H,1-2H3,(H,9,11)/t5-/m1/s1. The van der Waals surface area contributed by atoms with Gasteiger partial charge in [-0.15, -0.1) is 0 Å². The molecule has 0 fully saturated rings. The van der Waals surface area contributed by atoms with E-state index in [1.165, 1.54) is 13.2 Å². The summed E-state index contributed by atoms with van der Waals surface area (Å²) in [6, 6.07) is 1.59. The Labute approximate surface area is 70.2 Å². The second-order valence-corrected chi connectivity index (χ2v) is 2.59. The van der Waals surface area contributed by atoms with Gasteiger partial charge in [0.15, 0.2) is 0 Å². The molecular formula is C8H11NO3. The van der Waals surface area contributed by atoms with Crippen molar-refractivity contribution in [3.05, 3.63) is 18.1 Å². The molecule has 1 amide bonds. The average Bonchev–Trinajstić information content (AvgIpc) is 2.34. The minimum absolute atomic E-state index is 0.159. The van der Waals surface area contributed by atoms with Crippen molar-refractivity contribution in [3.8, 4) is 0 Å². The largest absolute Gasteiger partial charge is 0.464 e. The number of hydrogen-bond acceptors (Lipinski definition) is 3. The third kappa shape index (κ3) is 2.10. The molecule has 0 saturated heterocycles. The summed E-state index contributed by atoms with van der Waals surface area (Å²) in [5.41, 5.74) is 0.568. The van der Waals surface area contributed by atoms with Crippen molar-refractivity contribution in [2.24, 2.45) is 0 Å². The van der Waals surface area contributed by atoms with Gasteiger partial charge in [0.25, 0.3) is 0 Å². The number of aliphatic hydroxyl groups is 1. The number of nitrogens with one attached hydrogen (secondary N) is 1. The molecule has 66 valence electrons. The zero-order valence-electron chi connectivity index (χ0n) is 7.00. The summed E-state index contributed by atoms with van der Waals surface area (Å²) < 4.78 is 4.96. The first kappa shape index (κ1) is 8.80. The van der Waals surface area contributed by atoms with Crippen molar-refractivity contribution in [2.45, 2.75) is 20.0 Å². The van der Waals surface area contributed by atoms with Crippen LogP contribution >= 0.6 is 0 Å². The first-order valence-electron chi connectivity index (χ1n) is 3.63. The van der Waals surface area contributed by atoms with Crippen LogP contribution in [0, 0.1) is 0 Å². The van der Waals surface area contributed by atoms with Crippen molar-refractivity contribution in [1.29, 1.82) is 0 Å². The van der Waals surface area contributed by atoms with Crippen LogP contribution in [0.3, 0.4) is 0 Å². The third-order valence-electron chi connectivity index (χ3n) is 1.35. The zero-order chi connectivity index (χ0) is 9.14. The van der Waals surface area contributed by atoms with Crippen LogP contribution in [0.2, 0.25) is 0 Å². The lowest BCUT2D eigenvalue weighted by Crippen LogP contribution is -2.04. The van der Waals surface area contributed by atoms with Crippen molar-refractivity contribution < 1.29 is 14.3 Å². The molecule has 1 rings (SSSR count). The van der Waals surface area contributed by atoms with Gasteiger partial charge >= 0.3 is 0 Å². The van der Waals surface area contributed by atoms with Crippen LogP contribution in [0.1, 0.15) is 25.7 Å². The molecule has 4 nitrogen and oxygen atoms in total. The highest BCUT2D eigenvalue weighted by molar-refractivity contribution is 5.88. The lowest BCUT2D eigenvalue weighted by atomic mass is 10.3. The average molecular weight is 169 g/mol. The first-order chi connectivity index (χ1) is 5.59. The molecule has 0 aliphatic heterocycles. The molecule has 2 N–H and O–H groups in total. The summed E-state index contributed by atoms with van der Waals surface area (Å²) in [6.45, 7) is 3.01. The van der Waals surface area contributed by atoms with E-state index < -0.39 is 6.10 Å². The van der Waals surface area contributed by atoms with E-state index in [4.69, 9.17) is 9.52 Å². The summed E-state index contributed by atoms with van der Waals surface area (Å²) in [5, 5.41) is 11.6. The predicted octanol–water partition coefficient (Wildman–Crippen LogP) is 1.29. The fourth-order valence-corrected chi connectivity index (χ4v) is 0.841. The number of carbonyl (C=O) groups excluding carboxylic acids is 1. The molecule has 0 saturated carbocycles. The van der Waals surface area contributed by atoms with Crippen molar-refractivity contribution in [3.63, 3.8) is 0 Å². The number of amides is 1. The molecule has 0 aromatic carbocycles. The maximum atomic E-state index is 10.6. The number of rotatable bonds is 2. The molecule has 0 unspecified atom stereocenters. The van der Waals surface area contributed by atoms with E-state index in [-0.39, 0.29) is 5.91 Å². The lowest BCUT2D eigenvalue weighted by Gasteiger charge is -1.95.